The number of likely N-dealkylation sites (tertiary alicyclic amines) is 1. The van der Waals surface area contributed by atoms with Gasteiger partial charge in [0.15, 0.2) is 6.23 Å². The predicted octanol–water partition coefficient (Wildman–Crippen LogP) is -0.952. The van der Waals surface area contributed by atoms with Gasteiger partial charge in [0, 0.05) is 51.8 Å². The van der Waals surface area contributed by atoms with E-state index < -0.39 is 24.1 Å². The number of amides is 4. The molecule has 3 atom stereocenters. The standard InChI is InChI=1S/C18H28N4O7/c1-3-12(18(19)27)21-10-11(8-15(21)25)9-20-13(23)4-7-17(26)29-22-14(24)5-6-16(22)28-2/h11-12,16H,3-10H2,1-2H3,(H2,19,27)(H,20,23)/t11?,12-,16?/m1/s1. The Kier molecular flexibility index (Phi) is 7.94. The molecule has 11 heteroatoms. The third-order valence-electron chi connectivity index (χ3n) is 5.06. The lowest BCUT2D eigenvalue weighted by atomic mass is 10.1. The van der Waals surface area contributed by atoms with Gasteiger partial charge in [0.25, 0.3) is 5.91 Å². The lowest BCUT2D eigenvalue weighted by Gasteiger charge is -2.24. The Morgan fingerprint density at radius 1 is 1.24 bits per heavy atom. The van der Waals surface area contributed by atoms with Gasteiger partial charge in [0.05, 0.1) is 6.42 Å². The number of primary amides is 1. The van der Waals surface area contributed by atoms with E-state index in [4.69, 9.17) is 15.3 Å². The summed E-state index contributed by atoms with van der Waals surface area (Å²) in [6.07, 6.45) is 0.430. The number of rotatable bonds is 10. The molecule has 2 aliphatic rings. The van der Waals surface area contributed by atoms with Gasteiger partial charge in [-0.25, -0.2) is 4.79 Å². The molecule has 0 aliphatic carbocycles. The van der Waals surface area contributed by atoms with E-state index in [1.165, 1.54) is 12.0 Å². The molecule has 0 aromatic carbocycles. The number of nitrogens with two attached hydrogens (primary N) is 1. The van der Waals surface area contributed by atoms with Crippen LogP contribution in [0, 0.1) is 5.92 Å². The number of hydrogen-bond acceptors (Lipinski definition) is 7. The second-order valence-corrected chi connectivity index (χ2v) is 7.16. The molecule has 2 aliphatic heterocycles. The fraction of sp³-hybridized carbons (Fsp3) is 0.722. The van der Waals surface area contributed by atoms with E-state index in [0.717, 1.165) is 5.06 Å². The monoisotopic (exact) mass is 412 g/mol. The van der Waals surface area contributed by atoms with Gasteiger partial charge in [-0.2, -0.15) is 0 Å². The van der Waals surface area contributed by atoms with Crippen molar-refractivity contribution in [3.63, 3.8) is 0 Å². The first kappa shape index (κ1) is 22.6. The van der Waals surface area contributed by atoms with E-state index in [1.54, 1.807) is 6.92 Å². The summed E-state index contributed by atoms with van der Waals surface area (Å²) in [5.41, 5.74) is 5.33. The molecule has 29 heavy (non-hydrogen) atoms. The van der Waals surface area contributed by atoms with E-state index in [-0.39, 0.29) is 55.9 Å². The zero-order chi connectivity index (χ0) is 21.6. The van der Waals surface area contributed by atoms with Crippen molar-refractivity contribution in [3.8, 4) is 0 Å². The van der Waals surface area contributed by atoms with Crippen molar-refractivity contribution in [1.29, 1.82) is 0 Å². The molecule has 2 heterocycles. The second-order valence-electron chi connectivity index (χ2n) is 7.16. The third-order valence-corrected chi connectivity index (χ3v) is 5.06. The molecule has 2 saturated heterocycles. The molecular weight excluding hydrogens is 384 g/mol. The predicted molar refractivity (Wildman–Crippen MR) is 98.3 cm³/mol. The van der Waals surface area contributed by atoms with Crippen molar-refractivity contribution >= 4 is 29.6 Å². The van der Waals surface area contributed by atoms with E-state index >= 15 is 0 Å². The number of nitrogens with zero attached hydrogens (tertiary/aromatic N) is 2. The molecule has 3 N–H and O–H groups in total. The SMILES string of the molecule is CC[C@H](C(N)=O)N1CC(CNC(=O)CCC(=O)ON2C(=O)CCC2OC)CC1=O. The zero-order valence-electron chi connectivity index (χ0n) is 16.7. The van der Waals surface area contributed by atoms with Crippen molar-refractivity contribution in [3.05, 3.63) is 0 Å². The van der Waals surface area contributed by atoms with Crippen LogP contribution in [0.25, 0.3) is 0 Å². The Balaban J connectivity index is 1.71. The van der Waals surface area contributed by atoms with Gasteiger partial charge in [-0.05, 0) is 6.42 Å². The van der Waals surface area contributed by atoms with Crippen LogP contribution in [0.4, 0.5) is 0 Å². The van der Waals surface area contributed by atoms with Crippen molar-refractivity contribution in [1.82, 2.24) is 15.3 Å². The van der Waals surface area contributed by atoms with Crippen LogP contribution in [-0.4, -0.2) is 72.0 Å². The lowest BCUT2D eigenvalue weighted by Crippen LogP contribution is -2.45. The Labute approximate surface area is 168 Å². The van der Waals surface area contributed by atoms with Crippen LogP contribution < -0.4 is 11.1 Å². The summed E-state index contributed by atoms with van der Waals surface area (Å²) in [5.74, 6) is -2.25. The molecule has 0 radical (unpaired) electrons. The Hall–Kier alpha value is -2.69. The molecule has 0 bridgehead atoms. The van der Waals surface area contributed by atoms with Crippen LogP contribution in [-0.2, 0) is 33.5 Å². The minimum absolute atomic E-state index is 0.109. The number of ether oxygens (including phenoxy) is 1. The highest BCUT2D eigenvalue weighted by Gasteiger charge is 2.36. The van der Waals surface area contributed by atoms with Crippen LogP contribution in [0.2, 0.25) is 0 Å². The van der Waals surface area contributed by atoms with Gasteiger partial charge in [-0.15, -0.1) is 5.06 Å². The summed E-state index contributed by atoms with van der Waals surface area (Å²) >= 11 is 0. The molecule has 2 rings (SSSR count). The smallest absolute Gasteiger partial charge is 0.333 e. The average Bonchev–Trinajstić information content (AvgIpc) is 3.21. The van der Waals surface area contributed by atoms with Gasteiger partial charge in [-0.1, -0.05) is 6.92 Å². The van der Waals surface area contributed by atoms with Crippen molar-refractivity contribution in [2.45, 2.75) is 57.7 Å². The maximum absolute atomic E-state index is 12.1. The fourth-order valence-electron chi connectivity index (χ4n) is 3.50. The zero-order valence-corrected chi connectivity index (χ0v) is 16.7. The van der Waals surface area contributed by atoms with Crippen molar-refractivity contribution < 1.29 is 33.5 Å². The first-order chi connectivity index (χ1) is 13.8. The van der Waals surface area contributed by atoms with Gasteiger partial charge in [0.1, 0.15) is 6.04 Å². The van der Waals surface area contributed by atoms with E-state index in [2.05, 4.69) is 5.32 Å². The van der Waals surface area contributed by atoms with Crippen molar-refractivity contribution in [2.24, 2.45) is 11.7 Å². The highest BCUT2D eigenvalue weighted by Crippen LogP contribution is 2.21. The first-order valence-electron chi connectivity index (χ1n) is 9.67. The van der Waals surface area contributed by atoms with Crippen LogP contribution in [0.1, 0.15) is 45.4 Å². The van der Waals surface area contributed by atoms with Crippen LogP contribution in [0.3, 0.4) is 0 Å². The fourth-order valence-corrected chi connectivity index (χ4v) is 3.50. The maximum atomic E-state index is 12.1. The number of hydroxylamine groups is 2. The van der Waals surface area contributed by atoms with Gasteiger partial charge in [0.2, 0.25) is 17.7 Å². The highest BCUT2D eigenvalue weighted by molar-refractivity contribution is 5.88. The number of carbonyl (C=O) groups is 5. The molecule has 0 aromatic heterocycles. The Morgan fingerprint density at radius 3 is 2.59 bits per heavy atom. The van der Waals surface area contributed by atoms with Gasteiger partial charge in [-0.3, -0.25) is 19.2 Å². The summed E-state index contributed by atoms with van der Waals surface area (Å²) < 4.78 is 5.06. The summed E-state index contributed by atoms with van der Waals surface area (Å²) in [5, 5.41) is 3.59. The maximum Gasteiger partial charge on any atom is 0.333 e. The van der Waals surface area contributed by atoms with Crippen LogP contribution >= 0.6 is 0 Å². The Morgan fingerprint density at radius 2 is 1.97 bits per heavy atom. The van der Waals surface area contributed by atoms with E-state index in [0.29, 0.717) is 19.4 Å². The molecule has 11 nitrogen and oxygen atoms in total. The summed E-state index contributed by atoms with van der Waals surface area (Å²) in [4.78, 5) is 65.5. The normalized spacial score (nSPS) is 22.7. The molecular formula is C18H28N4O7. The average molecular weight is 412 g/mol. The number of methoxy groups -OCH3 is 1. The van der Waals surface area contributed by atoms with Crippen LogP contribution in [0.5, 0.6) is 0 Å². The number of carbonyl (C=O) groups excluding carboxylic acids is 5. The molecule has 0 aromatic rings. The number of nitrogens with one attached hydrogen (secondary N) is 1. The quantitative estimate of drug-likeness (QED) is 0.470. The molecule has 0 spiro atoms. The lowest BCUT2D eigenvalue weighted by molar-refractivity contribution is -0.224. The minimum Gasteiger partial charge on any atom is -0.368 e. The van der Waals surface area contributed by atoms with Gasteiger partial charge >= 0.3 is 5.97 Å². The topological polar surface area (TPSA) is 148 Å². The second kappa shape index (κ2) is 10.2. The molecule has 4 amide bonds. The Bertz CT molecular complexity index is 669. The molecule has 0 saturated carbocycles. The molecule has 162 valence electrons. The van der Waals surface area contributed by atoms with E-state index in [9.17, 15) is 24.0 Å². The minimum atomic E-state index is -0.702. The van der Waals surface area contributed by atoms with Gasteiger partial charge < -0.3 is 25.5 Å². The number of hydrogen-bond donors (Lipinski definition) is 2. The van der Waals surface area contributed by atoms with Crippen LogP contribution in [0.15, 0.2) is 0 Å². The van der Waals surface area contributed by atoms with E-state index in [1.807, 2.05) is 0 Å². The summed E-state index contributed by atoms with van der Waals surface area (Å²) in [7, 11) is 1.42. The first-order valence-corrected chi connectivity index (χ1v) is 9.67. The largest absolute Gasteiger partial charge is 0.368 e. The highest BCUT2D eigenvalue weighted by atomic mass is 16.7. The molecule has 2 unspecified atom stereocenters. The third kappa shape index (κ3) is 5.89. The summed E-state index contributed by atoms with van der Waals surface area (Å²) in [6, 6.07) is -0.637. The summed E-state index contributed by atoms with van der Waals surface area (Å²) in [6.45, 7) is 2.38. The molecule has 2 fully saturated rings. The van der Waals surface area contributed by atoms with Crippen molar-refractivity contribution in [2.75, 3.05) is 20.2 Å².